The van der Waals surface area contributed by atoms with Crippen molar-refractivity contribution in [2.24, 2.45) is 29.6 Å². The van der Waals surface area contributed by atoms with Crippen LogP contribution in [0.2, 0.25) is 5.02 Å². The molecule has 2 nitrogen and oxygen atoms in total. The van der Waals surface area contributed by atoms with Crippen LogP contribution in [0, 0.1) is 35.4 Å². The second-order valence-corrected chi connectivity index (χ2v) is 10.7. The van der Waals surface area contributed by atoms with Gasteiger partial charge in [-0.25, -0.2) is 4.39 Å². The number of piperidine rings is 1. The van der Waals surface area contributed by atoms with Crippen LogP contribution in [0.25, 0.3) is 0 Å². The van der Waals surface area contributed by atoms with Crippen LogP contribution in [0.4, 0.5) is 4.39 Å². The van der Waals surface area contributed by atoms with Crippen LogP contribution in [-0.4, -0.2) is 42.5 Å². The Balaban J connectivity index is 1.13. The van der Waals surface area contributed by atoms with E-state index >= 15 is 0 Å². The molecule has 0 unspecified atom stereocenters. The molecule has 5 aliphatic rings. The van der Waals surface area contributed by atoms with Gasteiger partial charge < -0.3 is 4.90 Å². The first-order valence-corrected chi connectivity index (χ1v) is 11.8. The molecule has 1 aromatic rings. The fourth-order valence-corrected chi connectivity index (χ4v) is 7.39. The summed E-state index contributed by atoms with van der Waals surface area (Å²) in [4.78, 5) is 5.09. The summed E-state index contributed by atoms with van der Waals surface area (Å²) >= 11 is 5.88. The van der Waals surface area contributed by atoms with E-state index in [1.807, 2.05) is 6.07 Å². The Hall–Kier alpha value is -0.640. The molecule has 28 heavy (non-hydrogen) atoms. The number of hydrogen-bond donors (Lipinski definition) is 0. The average Bonchev–Trinajstić information content (AvgIpc) is 2.67. The van der Waals surface area contributed by atoms with Gasteiger partial charge >= 0.3 is 0 Å². The molecule has 0 amide bonds. The van der Waals surface area contributed by atoms with Crippen LogP contribution < -0.4 is 0 Å². The number of rotatable bonds is 5. The van der Waals surface area contributed by atoms with Crippen LogP contribution >= 0.6 is 11.6 Å². The first-order chi connectivity index (χ1) is 13.5. The lowest BCUT2D eigenvalue weighted by Crippen LogP contribution is -2.51. The SMILES string of the molecule is CN(CC1C2CC3CC(C2)CC1C3)C1CCN(Cc2ccc(Cl)cc2F)CC1. The third kappa shape index (κ3) is 3.87. The van der Waals surface area contributed by atoms with Crippen molar-refractivity contribution in [3.8, 4) is 0 Å². The number of likely N-dealkylation sites (tertiary alicyclic amines) is 1. The maximum atomic E-state index is 14.1. The molecule has 0 spiro atoms. The van der Waals surface area contributed by atoms with Gasteiger partial charge in [0.15, 0.2) is 0 Å². The molecule has 0 atom stereocenters. The lowest BCUT2D eigenvalue weighted by molar-refractivity contribution is -0.0528. The van der Waals surface area contributed by atoms with Gasteiger partial charge in [-0.2, -0.15) is 0 Å². The summed E-state index contributed by atoms with van der Waals surface area (Å²) in [5.41, 5.74) is 0.768. The van der Waals surface area contributed by atoms with Gasteiger partial charge in [0.05, 0.1) is 0 Å². The standard InChI is InChI=1S/C24H34ClFN2/c1-27(15-23-19-9-16-8-17(11-19)12-20(23)10-16)22-4-6-28(7-5-22)14-18-2-3-21(25)13-24(18)26/h2-3,13,16-17,19-20,22-23H,4-12,14-15H2,1H3. The molecule has 154 valence electrons. The third-order valence-electron chi connectivity index (χ3n) is 8.51. The zero-order valence-corrected chi connectivity index (χ0v) is 17.9. The van der Waals surface area contributed by atoms with Crippen molar-refractivity contribution >= 4 is 11.6 Å². The molecule has 4 heteroatoms. The Morgan fingerprint density at radius 2 is 1.68 bits per heavy atom. The van der Waals surface area contributed by atoms with Crippen molar-refractivity contribution in [3.05, 3.63) is 34.6 Å². The predicted octanol–water partition coefficient (Wildman–Crippen LogP) is 5.45. The first-order valence-electron chi connectivity index (χ1n) is 11.4. The summed E-state index contributed by atoms with van der Waals surface area (Å²) in [6.07, 6.45) is 10.1. The fourth-order valence-electron chi connectivity index (χ4n) is 7.23. The van der Waals surface area contributed by atoms with Crippen molar-refractivity contribution in [3.63, 3.8) is 0 Å². The minimum atomic E-state index is -0.173. The summed E-state index contributed by atoms with van der Waals surface area (Å²) in [6.45, 7) is 4.15. The lowest BCUT2D eigenvalue weighted by atomic mass is 9.52. The van der Waals surface area contributed by atoms with Gasteiger partial charge in [-0.1, -0.05) is 17.7 Å². The Labute approximate surface area is 174 Å². The number of hydrogen-bond acceptors (Lipinski definition) is 2. The molecular weight excluding hydrogens is 371 g/mol. The summed E-state index contributed by atoms with van der Waals surface area (Å²) < 4.78 is 14.1. The van der Waals surface area contributed by atoms with Crippen LogP contribution in [0.15, 0.2) is 18.2 Å². The van der Waals surface area contributed by atoms with Gasteiger partial charge in [0.25, 0.3) is 0 Å². The number of nitrogens with zero attached hydrogens (tertiary/aromatic N) is 2. The minimum absolute atomic E-state index is 0.173. The Bertz CT molecular complexity index is 672. The quantitative estimate of drug-likeness (QED) is 0.644. The van der Waals surface area contributed by atoms with Crippen molar-refractivity contribution in [2.75, 3.05) is 26.7 Å². The lowest BCUT2D eigenvalue weighted by Gasteiger charge is -2.55. The first kappa shape index (κ1) is 19.3. The van der Waals surface area contributed by atoms with Gasteiger partial charge in [0.2, 0.25) is 0 Å². The zero-order valence-electron chi connectivity index (χ0n) is 17.1. The van der Waals surface area contributed by atoms with Crippen molar-refractivity contribution in [2.45, 2.75) is 57.5 Å². The Kier molecular flexibility index (Phi) is 5.45. The van der Waals surface area contributed by atoms with Crippen LogP contribution in [0.1, 0.15) is 50.5 Å². The van der Waals surface area contributed by atoms with E-state index in [9.17, 15) is 4.39 Å². The van der Waals surface area contributed by atoms with E-state index in [0.29, 0.717) is 17.6 Å². The Morgan fingerprint density at radius 3 is 2.29 bits per heavy atom. The molecule has 1 saturated heterocycles. The van der Waals surface area contributed by atoms with E-state index in [-0.39, 0.29) is 5.82 Å². The van der Waals surface area contributed by atoms with E-state index < -0.39 is 0 Å². The van der Waals surface area contributed by atoms with Crippen molar-refractivity contribution in [1.82, 2.24) is 9.80 Å². The second kappa shape index (κ2) is 7.89. The predicted molar refractivity (Wildman–Crippen MR) is 113 cm³/mol. The number of halogens is 2. The zero-order chi connectivity index (χ0) is 19.3. The van der Waals surface area contributed by atoms with E-state index in [1.165, 1.54) is 51.1 Å². The summed E-state index contributed by atoms with van der Waals surface area (Å²) in [5.74, 6) is 4.96. The van der Waals surface area contributed by atoms with Crippen molar-refractivity contribution < 1.29 is 4.39 Å². The molecule has 1 aliphatic heterocycles. The highest BCUT2D eigenvalue weighted by Crippen LogP contribution is 2.56. The second-order valence-electron chi connectivity index (χ2n) is 10.3. The van der Waals surface area contributed by atoms with Gasteiger partial charge in [-0.05, 0) is 107 Å². The van der Waals surface area contributed by atoms with Gasteiger partial charge in [0, 0.05) is 29.7 Å². The molecule has 4 saturated carbocycles. The molecule has 4 aliphatic carbocycles. The molecular formula is C24H34ClFN2. The third-order valence-corrected chi connectivity index (χ3v) is 8.75. The van der Waals surface area contributed by atoms with Crippen LogP contribution in [-0.2, 0) is 6.54 Å². The molecule has 0 radical (unpaired) electrons. The monoisotopic (exact) mass is 404 g/mol. The molecule has 1 heterocycles. The van der Waals surface area contributed by atoms with E-state index in [4.69, 9.17) is 11.6 Å². The van der Waals surface area contributed by atoms with Crippen molar-refractivity contribution in [1.29, 1.82) is 0 Å². The molecule has 0 aromatic heterocycles. The van der Waals surface area contributed by atoms with Gasteiger partial charge in [-0.3, -0.25) is 4.90 Å². The fraction of sp³-hybridized carbons (Fsp3) is 0.750. The normalized spacial score (nSPS) is 35.8. The maximum absolute atomic E-state index is 14.1. The number of benzene rings is 1. The van der Waals surface area contributed by atoms with E-state index in [0.717, 1.165) is 48.2 Å². The molecule has 0 N–H and O–H groups in total. The summed E-state index contributed by atoms with van der Waals surface area (Å²) in [6, 6.07) is 5.76. The highest BCUT2D eigenvalue weighted by atomic mass is 35.5. The van der Waals surface area contributed by atoms with Gasteiger partial charge in [0.1, 0.15) is 5.82 Å². The molecule has 6 rings (SSSR count). The molecule has 1 aromatic carbocycles. The topological polar surface area (TPSA) is 6.48 Å². The minimum Gasteiger partial charge on any atom is -0.303 e. The van der Waals surface area contributed by atoms with Crippen LogP contribution in [0.3, 0.4) is 0 Å². The summed E-state index contributed by atoms with van der Waals surface area (Å²) in [5, 5.41) is 0.478. The van der Waals surface area contributed by atoms with E-state index in [1.54, 1.807) is 12.5 Å². The average molecular weight is 405 g/mol. The van der Waals surface area contributed by atoms with Gasteiger partial charge in [-0.15, -0.1) is 0 Å². The molecule has 5 fully saturated rings. The maximum Gasteiger partial charge on any atom is 0.129 e. The highest BCUT2D eigenvalue weighted by Gasteiger charge is 2.48. The molecule has 4 bridgehead atoms. The highest BCUT2D eigenvalue weighted by molar-refractivity contribution is 6.30. The Morgan fingerprint density at radius 1 is 1.04 bits per heavy atom. The summed E-state index contributed by atoms with van der Waals surface area (Å²) in [7, 11) is 2.37. The largest absolute Gasteiger partial charge is 0.303 e. The van der Waals surface area contributed by atoms with Crippen LogP contribution in [0.5, 0.6) is 0 Å². The smallest absolute Gasteiger partial charge is 0.129 e. The van der Waals surface area contributed by atoms with E-state index in [2.05, 4.69) is 16.8 Å².